The van der Waals surface area contributed by atoms with Crippen LogP contribution in [0.1, 0.15) is 43.2 Å². The first-order chi connectivity index (χ1) is 15.8. The van der Waals surface area contributed by atoms with Crippen molar-refractivity contribution in [3.8, 4) is 5.75 Å². The first-order valence-electron chi connectivity index (χ1n) is 10.6. The summed E-state index contributed by atoms with van der Waals surface area (Å²) in [6.07, 6.45) is -0.140. The normalized spacial score (nSPS) is 14.9. The van der Waals surface area contributed by atoms with Crippen molar-refractivity contribution in [3.05, 3.63) is 70.0 Å². The smallest absolute Gasteiger partial charge is 0.258 e. The van der Waals surface area contributed by atoms with Gasteiger partial charge in [0.05, 0.1) is 18.6 Å². The van der Waals surface area contributed by atoms with Gasteiger partial charge in [0.1, 0.15) is 11.6 Å². The largest absolute Gasteiger partial charge is 0.497 e. The molecule has 9 nitrogen and oxygen atoms in total. The van der Waals surface area contributed by atoms with E-state index < -0.39 is 17.4 Å². The first kappa shape index (κ1) is 22.1. The summed E-state index contributed by atoms with van der Waals surface area (Å²) in [5.74, 6) is -0.500. The van der Waals surface area contributed by atoms with Crippen LogP contribution in [0.3, 0.4) is 0 Å². The van der Waals surface area contributed by atoms with Crippen LogP contribution in [0.4, 0.5) is 23.1 Å². The van der Waals surface area contributed by atoms with E-state index in [1.165, 1.54) is 0 Å². The van der Waals surface area contributed by atoms with Gasteiger partial charge in [0.15, 0.2) is 0 Å². The predicted molar refractivity (Wildman–Crippen MR) is 126 cm³/mol. The van der Waals surface area contributed by atoms with Gasteiger partial charge in [0.25, 0.3) is 5.56 Å². The van der Waals surface area contributed by atoms with E-state index in [0.717, 1.165) is 5.56 Å². The lowest BCUT2D eigenvalue weighted by atomic mass is 9.92. The second-order valence-electron chi connectivity index (χ2n) is 8.10. The topological polar surface area (TPSA) is 125 Å². The van der Waals surface area contributed by atoms with E-state index in [0.29, 0.717) is 23.0 Å². The molecule has 1 unspecified atom stereocenters. The summed E-state index contributed by atoms with van der Waals surface area (Å²) in [6, 6.07) is 14.5. The minimum atomic E-state index is -0.954. The molecule has 2 heterocycles. The molecule has 2 aromatic carbocycles. The fourth-order valence-electron chi connectivity index (χ4n) is 3.65. The molecule has 0 aliphatic carbocycles. The van der Waals surface area contributed by atoms with Crippen molar-refractivity contribution in [1.29, 1.82) is 0 Å². The summed E-state index contributed by atoms with van der Waals surface area (Å²) in [4.78, 5) is 45.1. The van der Waals surface area contributed by atoms with Crippen LogP contribution in [-0.4, -0.2) is 28.9 Å². The van der Waals surface area contributed by atoms with Gasteiger partial charge in [-0.2, -0.15) is 4.98 Å². The molecule has 170 valence electrons. The maximum Gasteiger partial charge on any atom is 0.258 e. The molecule has 1 aliphatic heterocycles. The van der Waals surface area contributed by atoms with Crippen LogP contribution in [0, 0.1) is 0 Å². The number of fused-ring (bicyclic) bond motifs is 1. The third-order valence-corrected chi connectivity index (χ3v) is 5.47. The number of hydrogen-bond acceptors (Lipinski definition) is 6. The zero-order valence-electron chi connectivity index (χ0n) is 18.6. The molecule has 33 heavy (non-hydrogen) atoms. The van der Waals surface area contributed by atoms with Gasteiger partial charge in [-0.15, -0.1) is 0 Å². The fourth-order valence-corrected chi connectivity index (χ4v) is 3.65. The Morgan fingerprint density at radius 3 is 2.36 bits per heavy atom. The van der Waals surface area contributed by atoms with Crippen molar-refractivity contribution in [1.82, 2.24) is 9.97 Å². The molecule has 1 aliphatic rings. The van der Waals surface area contributed by atoms with E-state index in [1.54, 1.807) is 43.5 Å². The van der Waals surface area contributed by atoms with Gasteiger partial charge in [-0.1, -0.05) is 26.0 Å². The lowest BCUT2D eigenvalue weighted by Gasteiger charge is -2.23. The highest BCUT2D eigenvalue weighted by Gasteiger charge is 2.34. The molecule has 0 saturated heterocycles. The zero-order valence-corrected chi connectivity index (χ0v) is 18.6. The minimum absolute atomic E-state index is 0.0707. The number of benzene rings is 2. The Bertz CT molecular complexity index is 1230. The number of methoxy groups -OCH3 is 1. The quantitative estimate of drug-likeness (QED) is 0.457. The van der Waals surface area contributed by atoms with Gasteiger partial charge in [-0.3, -0.25) is 19.4 Å². The second-order valence-corrected chi connectivity index (χ2v) is 8.10. The molecule has 4 N–H and O–H groups in total. The van der Waals surface area contributed by atoms with Crippen molar-refractivity contribution >= 4 is 35.0 Å². The van der Waals surface area contributed by atoms with E-state index in [-0.39, 0.29) is 29.7 Å². The monoisotopic (exact) mass is 447 g/mol. The predicted octanol–water partition coefficient (Wildman–Crippen LogP) is 3.71. The first-order valence-corrected chi connectivity index (χ1v) is 10.6. The number of nitrogens with zero attached hydrogens (tertiary/aromatic N) is 1. The van der Waals surface area contributed by atoms with Crippen molar-refractivity contribution in [2.75, 3.05) is 23.1 Å². The molecular weight excluding hydrogens is 422 g/mol. The highest BCUT2D eigenvalue weighted by Crippen LogP contribution is 2.30. The number of aromatic amines is 1. The fraction of sp³-hybridized carbons (Fsp3) is 0.250. The Morgan fingerprint density at radius 2 is 1.73 bits per heavy atom. The van der Waals surface area contributed by atoms with Gasteiger partial charge in [0, 0.05) is 17.8 Å². The molecule has 1 aromatic heterocycles. The van der Waals surface area contributed by atoms with Crippen LogP contribution in [0.25, 0.3) is 0 Å². The lowest BCUT2D eigenvalue weighted by molar-refractivity contribution is -0.123. The van der Waals surface area contributed by atoms with Crippen LogP contribution < -0.4 is 26.2 Å². The second kappa shape index (κ2) is 9.15. The van der Waals surface area contributed by atoms with E-state index in [1.807, 2.05) is 12.1 Å². The lowest BCUT2D eigenvalue weighted by Crippen LogP contribution is -2.36. The molecule has 1 atom stereocenters. The number of H-pyrrole nitrogens is 1. The molecule has 2 amide bonds. The number of nitrogens with one attached hydrogen (secondary N) is 4. The third-order valence-electron chi connectivity index (χ3n) is 5.47. The van der Waals surface area contributed by atoms with Crippen LogP contribution in [-0.2, 0) is 9.59 Å². The number of carbonyl (C=O) groups is 2. The standard InChI is InChI=1S/C24H25N5O4/c1-13(2)14-4-6-15(7-5-14)25-22(31)18-12-19(30)27-21-20(18)23(32)29-24(28-21)26-16-8-10-17(33-3)11-9-16/h4-11,13,18H,12H2,1-3H3,(H,25,31)(H3,26,27,28,29,30,32). The van der Waals surface area contributed by atoms with E-state index >= 15 is 0 Å². The highest BCUT2D eigenvalue weighted by molar-refractivity contribution is 6.04. The number of anilines is 4. The number of aromatic nitrogens is 2. The Balaban J connectivity index is 1.57. The minimum Gasteiger partial charge on any atom is -0.497 e. The van der Waals surface area contributed by atoms with Crippen LogP contribution in [0.15, 0.2) is 53.3 Å². The molecule has 9 heteroatoms. The molecular formula is C24H25N5O4. The number of amides is 2. The maximum absolute atomic E-state index is 13.0. The summed E-state index contributed by atoms with van der Waals surface area (Å²) in [6.45, 7) is 4.17. The van der Waals surface area contributed by atoms with Crippen molar-refractivity contribution in [2.45, 2.75) is 32.1 Å². The number of carbonyl (C=O) groups excluding carboxylic acids is 2. The van der Waals surface area contributed by atoms with Crippen LogP contribution in [0.5, 0.6) is 5.75 Å². The van der Waals surface area contributed by atoms with Crippen LogP contribution in [0.2, 0.25) is 0 Å². The summed E-state index contributed by atoms with van der Waals surface area (Å²) in [5.41, 5.74) is 2.05. The van der Waals surface area contributed by atoms with Gasteiger partial charge < -0.3 is 20.7 Å². The third kappa shape index (κ3) is 4.87. The summed E-state index contributed by atoms with van der Waals surface area (Å²) < 4.78 is 5.13. The molecule has 0 bridgehead atoms. The Morgan fingerprint density at radius 1 is 1.06 bits per heavy atom. The summed E-state index contributed by atoms with van der Waals surface area (Å²) in [7, 11) is 1.57. The van der Waals surface area contributed by atoms with Gasteiger partial charge in [-0.25, -0.2) is 0 Å². The summed E-state index contributed by atoms with van der Waals surface area (Å²) >= 11 is 0. The van der Waals surface area contributed by atoms with Crippen molar-refractivity contribution in [3.63, 3.8) is 0 Å². The number of ether oxygens (including phenoxy) is 1. The number of rotatable bonds is 6. The molecule has 3 aromatic rings. The molecule has 4 rings (SSSR count). The van der Waals surface area contributed by atoms with Gasteiger partial charge in [-0.05, 0) is 47.9 Å². The Labute approximate surface area is 190 Å². The van der Waals surface area contributed by atoms with Gasteiger partial charge in [0.2, 0.25) is 17.8 Å². The molecule has 0 radical (unpaired) electrons. The maximum atomic E-state index is 13.0. The van der Waals surface area contributed by atoms with Crippen molar-refractivity contribution < 1.29 is 14.3 Å². The Hall–Kier alpha value is -4.14. The average Bonchev–Trinajstić information content (AvgIpc) is 2.79. The van der Waals surface area contributed by atoms with Gasteiger partial charge >= 0.3 is 0 Å². The Kier molecular flexibility index (Phi) is 6.12. The molecule has 0 saturated carbocycles. The summed E-state index contributed by atoms with van der Waals surface area (Å²) in [5, 5.41) is 8.39. The van der Waals surface area contributed by atoms with Crippen molar-refractivity contribution in [2.24, 2.45) is 0 Å². The van der Waals surface area contributed by atoms with Crippen LogP contribution >= 0.6 is 0 Å². The number of hydrogen-bond donors (Lipinski definition) is 4. The van der Waals surface area contributed by atoms with E-state index in [9.17, 15) is 14.4 Å². The zero-order chi connectivity index (χ0) is 23.5. The highest BCUT2D eigenvalue weighted by atomic mass is 16.5. The SMILES string of the molecule is COc1ccc(Nc2nc3c(c(=O)[nH]2)C(C(=O)Nc2ccc(C(C)C)cc2)CC(=O)N3)cc1. The average molecular weight is 447 g/mol. The molecule has 0 fully saturated rings. The molecule has 0 spiro atoms. The van der Waals surface area contributed by atoms with E-state index in [2.05, 4.69) is 39.8 Å². The van der Waals surface area contributed by atoms with E-state index in [4.69, 9.17) is 4.74 Å².